The predicted octanol–water partition coefficient (Wildman–Crippen LogP) is 4.95. The Hall–Kier alpha value is -2.84. The molecule has 1 aromatic carbocycles. The molecular weight excluding hydrogens is 518 g/mol. The molecule has 41 heavy (non-hydrogen) atoms. The summed E-state index contributed by atoms with van der Waals surface area (Å²) in [6, 6.07) is 5.41. The van der Waals surface area contributed by atoms with E-state index in [9.17, 15) is 9.59 Å². The van der Waals surface area contributed by atoms with Gasteiger partial charge in [0.05, 0.1) is 13.7 Å². The van der Waals surface area contributed by atoms with Gasteiger partial charge in [0.25, 0.3) is 5.91 Å². The van der Waals surface area contributed by atoms with E-state index >= 15 is 0 Å². The number of allylic oxidation sites excluding steroid dienone is 2. The third kappa shape index (κ3) is 9.60. The summed E-state index contributed by atoms with van der Waals surface area (Å²) in [4.78, 5) is 30.8. The molecule has 0 radical (unpaired) electrons. The fourth-order valence-corrected chi connectivity index (χ4v) is 5.55. The Bertz CT molecular complexity index is 1050. The molecule has 0 aromatic heterocycles. The maximum absolute atomic E-state index is 13.7. The second-order valence-corrected chi connectivity index (χ2v) is 11.6. The lowest BCUT2D eigenvalue weighted by Crippen LogP contribution is -2.42. The summed E-state index contributed by atoms with van der Waals surface area (Å²) in [5.74, 6) is 2.55. The van der Waals surface area contributed by atoms with Crippen molar-refractivity contribution in [2.45, 2.75) is 59.4 Å². The van der Waals surface area contributed by atoms with Crippen molar-refractivity contribution in [1.29, 1.82) is 0 Å². The molecule has 228 valence electrons. The van der Waals surface area contributed by atoms with Crippen molar-refractivity contribution in [2.75, 3.05) is 60.2 Å². The molecule has 0 spiro atoms. The van der Waals surface area contributed by atoms with Crippen LogP contribution in [0.1, 0.15) is 63.7 Å². The lowest BCUT2D eigenvalue weighted by atomic mass is 9.90. The second kappa shape index (κ2) is 16.6. The molecule has 1 heterocycles. The van der Waals surface area contributed by atoms with Crippen LogP contribution in [0.3, 0.4) is 0 Å². The first-order chi connectivity index (χ1) is 19.8. The van der Waals surface area contributed by atoms with E-state index in [-0.39, 0.29) is 23.8 Å². The SMILES string of the molecule is CCN(CC1=CCC(C)C=C1)C(=O)CC[C@@H]1CNC[C@H]1CN(C(=O)c1ccc(OC)c(OCCCOC)c1)C(C)C. The Morgan fingerprint density at radius 2 is 1.88 bits per heavy atom. The molecule has 8 heteroatoms. The zero-order valence-corrected chi connectivity index (χ0v) is 26.0. The van der Waals surface area contributed by atoms with Gasteiger partial charge in [-0.2, -0.15) is 0 Å². The first-order valence-electron chi connectivity index (χ1n) is 15.2. The molecule has 2 aliphatic rings. The maximum atomic E-state index is 13.7. The molecule has 2 amide bonds. The fourth-order valence-electron chi connectivity index (χ4n) is 5.55. The molecule has 1 N–H and O–H groups in total. The van der Waals surface area contributed by atoms with Gasteiger partial charge in [0, 0.05) is 57.8 Å². The van der Waals surface area contributed by atoms with E-state index in [1.807, 2.05) is 9.80 Å². The van der Waals surface area contributed by atoms with Crippen molar-refractivity contribution in [2.24, 2.45) is 17.8 Å². The number of benzene rings is 1. The Morgan fingerprint density at radius 1 is 1.10 bits per heavy atom. The number of carbonyl (C=O) groups excluding carboxylic acids is 2. The number of amides is 2. The second-order valence-electron chi connectivity index (χ2n) is 11.6. The van der Waals surface area contributed by atoms with Crippen molar-refractivity contribution >= 4 is 11.8 Å². The van der Waals surface area contributed by atoms with Gasteiger partial charge < -0.3 is 29.3 Å². The third-order valence-electron chi connectivity index (χ3n) is 8.18. The Kier molecular flexibility index (Phi) is 13.2. The number of likely N-dealkylation sites (N-methyl/N-ethyl adjacent to an activating group) is 1. The predicted molar refractivity (Wildman–Crippen MR) is 163 cm³/mol. The van der Waals surface area contributed by atoms with Crippen LogP contribution in [-0.2, 0) is 9.53 Å². The zero-order chi connectivity index (χ0) is 29.8. The maximum Gasteiger partial charge on any atom is 0.254 e. The summed E-state index contributed by atoms with van der Waals surface area (Å²) in [5, 5.41) is 3.51. The molecule has 0 saturated carbocycles. The van der Waals surface area contributed by atoms with Crippen molar-refractivity contribution in [3.05, 3.63) is 47.6 Å². The number of methoxy groups -OCH3 is 2. The topological polar surface area (TPSA) is 80.3 Å². The van der Waals surface area contributed by atoms with E-state index in [1.54, 1.807) is 32.4 Å². The van der Waals surface area contributed by atoms with Crippen LogP contribution in [0.4, 0.5) is 0 Å². The molecule has 1 fully saturated rings. The first-order valence-corrected chi connectivity index (χ1v) is 15.2. The highest BCUT2D eigenvalue weighted by Crippen LogP contribution is 2.30. The highest BCUT2D eigenvalue weighted by molar-refractivity contribution is 5.95. The van der Waals surface area contributed by atoms with E-state index < -0.39 is 0 Å². The quantitative estimate of drug-likeness (QED) is 0.284. The van der Waals surface area contributed by atoms with Gasteiger partial charge >= 0.3 is 0 Å². The van der Waals surface area contributed by atoms with E-state index in [2.05, 4.69) is 51.2 Å². The molecule has 0 bridgehead atoms. The van der Waals surface area contributed by atoms with Crippen LogP contribution in [0.5, 0.6) is 11.5 Å². The summed E-state index contributed by atoms with van der Waals surface area (Å²) in [6.07, 6.45) is 9.79. The van der Waals surface area contributed by atoms with E-state index in [1.165, 1.54) is 5.57 Å². The third-order valence-corrected chi connectivity index (χ3v) is 8.18. The average molecular weight is 570 g/mol. The summed E-state index contributed by atoms with van der Waals surface area (Å²) < 4.78 is 16.5. The average Bonchev–Trinajstić information content (AvgIpc) is 3.42. The number of hydrogen-bond donors (Lipinski definition) is 1. The summed E-state index contributed by atoms with van der Waals surface area (Å²) in [6.45, 7) is 13.2. The smallest absolute Gasteiger partial charge is 0.254 e. The van der Waals surface area contributed by atoms with Gasteiger partial charge in [-0.1, -0.05) is 25.2 Å². The molecule has 1 aliphatic carbocycles. The van der Waals surface area contributed by atoms with Gasteiger partial charge in [-0.25, -0.2) is 0 Å². The van der Waals surface area contributed by atoms with Crippen molar-refractivity contribution in [3.63, 3.8) is 0 Å². The minimum absolute atomic E-state index is 0.0218. The lowest BCUT2D eigenvalue weighted by molar-refractivity contribution is -0.130. The van der Waals surface area contributed by atoms with Gasteiger partial charge in [0.2, 0.25) is 5.91 Å². The molecule has 1 saturated heterocycles. The van der Waals surface area contributed by atoms with Crippen LogP contribution in [-0.4, -0.2) is 87.8 Å². The fraction of sp³-hybridized carbons (Fsp3) is 0.636. The largest absolute Gasteiger partial charge is 0.493 e. The molecule has 3 rings (SSSR count). The highest BCUT2D eigenvalue weighted by Gasteiger charge is 2.32. The summed E-state index contributed by atoms with van der Waals surface area (Å²) in [7, 11) is 3.26. The molecule has 1 unspecified atom stereocenters. The van der Waals surface area contributed by atoms with E-state index in [0.717, 1.165) is 32.4 Å². The van der Waals surface area contributed by atoms with Crippen LogP contribution in [0.2, 0.25) is 0 Å². The van der Waals surface area contributed by atoms with Gasteiger partial charge in [0.1, 0.15) is 0 Å². The summed E-state index contributed by atoms with van der Waals surface area (Å²) >= 11 is 0. The Morgan fingerprint density at radius 3 is 2.54 bits per heavy atom. The standard InChI is InChI=1S/C33H51N3O5/c1-7-35(22-26-11-9-25(4)10-12-26)32(37)16-14-28-20-34-21-29(28)23-36(24(2)3)33(38)27-13-15-30(40-6)31(19-27)41-18-8-17-39-5/h9,11-13,15,19,24-25,28-29,34H,7-8,10,14,16-18,20-23H2,1-6H3/t25?,28-,29+/m1/s1. The molecule has 3 atom stereocenters. The summed E-state index contributed by atoms with van der Waals surface area (Å²) in [5.41, 5.74) is 1.81. The number of ether oxygens (including phenoxy) is 3. The minimum atomic E-state index is -0.0218. The molecule has 1 aromatic rings. The number of hydrogen-bond acceptors (Lipinski definition) is 6. The monoisotopic (exact) mass is 569 g/mol. The highest BCUT2D eigenvalue weighted by atomic mass is 16.5. The minimum Gasteiger partial charge on any atom is -0.493 e. The van der Waals surface area contributed by atoms with Crippen molar-refractivity contribution < 1.29 is 23.8 Å². The Balaban J connectivity index is 1.61. The number of carbonyl (C=O) groups is 2. The van der Waals surface area contributed by atoms with Crippen LogP contribution < -0.4 is 14.8 Å². The van der Waals surface area contributed by atoms with E-state index in [4.69, 9.17) is 14.2 Å². The van der Waals surface area contributed by atoms with Crippen LogP contribution in [0.15, 0.2) is 42.0 Å². The molecule has 1 aliphatic heterocycles. The van der Waals surface area contributed by atoms with Crippen LogP contribution in [0, 0.1) is 17.8 Å². The Labute approximate surface area is 247 Å². The van der Waals surface area contributed by atoms with Gasteiger partial charge in [-0.3, -0.25) is 9.59 Å². The zero-order valence-electron chi connectivity index (χ0n) is 26.0. The van der Waals surface area contributed by atoms with Gasteiger partial charge in [0.15, 0.2) is 11.5 Å². The van der Waals surface area contributed by atoms with E-state index in [0.29, 0.717) is 68.2 Å². The lowest BCUT2D eigenvalue weighted by Gasteiger charge is -2.32. The van der Waals surface area contributed by atoms with Crippen LogP contribution in [0.25, 0.3) is 0 Å². The number of nitrogens with one attached hydrogen (secondary N) is 1. The van der Waals surface area contributed by atoms with Crippen LogP contribution >= 0.6 is 0 Å². The number of nitrogens with zero attached hydrogens (tertiary/aromatic N) is 2. The first kappa shape index (κ1) is 32.7. The van der Waals surface area contributed by atoms with Gasteiger partial charge in [-0.15, -0.1) is 0 Å². The normalized spacial score (nSPS) is 20.2. The molecular formula is C33H51N3O5. The van der Waals surface area contributed by atoms with Crippen molar-refractivity contribution in [1.82, 2.24) is 15.1 Å². The van der Waals surface area contributed by atoms with Crippen molar-refractivity contribution in [3.8, 4) is 11.5 Å². The molecule has 8 nitrogen and oxygen atoms in total. The number of rotatable bonds is 16. The van der Waals surface area contributed by atoms with Gasteiger partial charge in [-0.05, 0) is 88.2 Å².